The Balaban J connectivity index is 2.71. The molecule has 0 aromatic heterocycles. The van der Waals surface area contributed by atoms with Crippen LogP contribution in [0.3, 0.4) is 0 Å². The molecule has 0 saturated heterocycles. The molecule has 0 spiro atoms. The maximum Gasteiger partial charge on any atom is 0.226 e. The molecule has 1 amide bonds. The number of hydrogen-bond acceptors (Lipinski definition) is 2. The summed E-state index contributed by atoms with van der Waals surface area (Å²) in [5, 5.41) is 0.675. The maximum atomic E-state index is 11.9. The minimum Gasteiger partial charge on any atom is -0.328 e. The largest absolute Gasteiger partial charge is 0.328 e. The van der Waals surface area contributed by atoms with Crippen LogP contribution < -0.4 is 10.6 Å². The molecule has 1 aromatic carbocycles. The Morgan fingerprint density at radius 3 is 2.71 bits per heavy atom. The van der Waals surface area contributed by atoms with Crippen molar-refractivity contribution in [1.29, 1.82) is 0 Å². The van der Waals surface area contributed by atoms with Gasteiger partial charge in [0.15, 0.2) is 0 Å². The summed E-state index contributed by atoms with van der Waals surface area (Å²) in [6, 6.07) is 5.66. The number of rotatable bonds is 4. The highest BCUT2D eigenvalue weighted by atomic mass is 35.5. The number of nitrogens with two attached hydrogens (primary N) is 1. The van der Waals surface area contributed by atoms with Crippen molar-refractivity contribution in [2.24, 2.45) is 5.73 Å². The van der Waals surface area contributed by atoms with E-state index >= 15 is 0 Å². The van der Waals surface area contributed by atoms with Crippen LogP contribution in [0.25, 0.3) is 0 Å². The lowest BCUT2D eigenvalue weighted by Crippen LogP contribution is -2.28. The third-order valence-electron chi connectivity index (χ3n) is 2.73. The topological polar surface area (TPSA) is 46.3 Å². The number of hydrogen-bond donors (Lipinski definition) is 1. The molecule has 0 aliphatic heterocycles. The second-order valence-electron chi connectivity index (χ2n) is 4.40. The molecule has 3 nitrogen and oxygen atoms in total. The van der Waals surface area contributed by atoms with Gasteiger partial charge in [-0.1, -0.05) is 17.7 Å². The summed E-state index contributed by atoms with van der Waals surface area (Å²) in [7, 11) is 1.75. The van der Waals surface area contributed by atoms with E-state index in [9.17, 15) is 4.79 Å². The van der Waals surface area contributed by atoms with Gasteiger partial charge in [-0.25, -0.2) is 0 Å². The van der Waals surface area contributed by atoms with Gasteiger partial charge in [-0.05, 0) is 38.0 Å². The van der Waals surface area contributed by atoms with Crippen molar-refractivity contribution in [1.82, 2.24) is 0 Å². The summed E-state index contributed by atoms with van der Waals surface area (Å²) in [6.07, 6.45) is 1.16. The van der Waals surface area contributed by atoms with Gasteiger partial charge < -0.3 is 10.6 Å². The SMILES string of the molecule is Cc1ccc(N(C)C(=O)CCC(C)N)cc1Cl. The van der Waals surface area contributed by atoms with Crippen LogP contribution in [0.5, 0.6) is 0 Å². The Morgan fingerprint density at radius 1 is 1.53 bits per heavy atom. The Hall–Kier alpha value is -1.06. The first-order valence-corrected chi connectivity index (χ1v) is 6.08. The van der Waals surface area contributed by atoms with Crippen LogP contribution in [-0.2, 0) is 4.79 Å². The van der Waals surface area contributed by atoms with E-state index in [1.54, 1.807) is 18.0 Å². The van der Waals surface area contributed by atoms with Crippen molar-refractivity contribution in [2.45, 2.75) is 32.7 Å². The molecule has 0 bridgehead atoms. The first kappa shape index (κ1) is 14.0. The van der Waals surface area contributed by atoms with Crippen molar-refractivity contribution in [3.05, 3.63) is 28.8 Å². The first-order chi connectivity index (χ1) is 7.91. The van der Waals surface area contributed by atoms with Crippen molar-refractivity contribution in [3.8, 4) is 0 Å². The molecule has 1 rings (SSSR count). The number of carbonyl (C=O) groups excluding carboxylic acids is 1. The highest BCUT2D eigenvalue weighted by molar-refractivity contribution is 6.31. The van der Waals surface area contributed by atoms with Crippen molar-refractivity contribution >= 4 is 23.2 Å². The first-order valence-electron chi connectivity index (χ1n) is 5.70. The summed E-state index contributed by atoms with van der Waals surface area (Å²) in [5.74, 6) is 0.0576. The van der Waals surface area contributed by atoms with Gasteiger partial charge in [-0.15, -0.1) is 0 Å². The lowest BCUT2D eigenvalue weighted by molar-refractivity contribution is -0.118. The van der Waals surface area contributed by atoms with E-state index in [1.807, 2.05) is 26.0 Å². The van der Waals surface area contributed by atoms with Crippen molar-refractivity contribution < 1.29 is 4.79 Å². The second-order valence-corrected chi connectivity index (χ2v) is 4.81. The fourth-order valence-corrected chi connectivity index (χ4v) is 1.63. The third-order valence-corrected chi connectivity index (χ3v) is 3.14. The fraction of sp³-hybridized carbons (Fsp3) is 0.462. The zero-order valence-electron chi connectivity index (χ0n) is 10.5. The van der Waals surface area contributed by atoms with Crippen LogP contribution in [-0.4, -0.2) is 19.0 Å². The van der Waals surface area contributed by atoms with Crippen LogP contribution in [0.15, 0.2) is 18.2 Å². The average molecular weight is 255 g/mol. The second kappa shape index (κ2) is 6.03. The van der Waals surface area contributed by atoms with Crippen molar-refractivity contribution in [3.63, 3.8) is 0 Å². The Bertz CT molecular complexity index is 404. The Kier molecular flexibility index (Phi) is 4.97. The molecule has 0 saturated carbocycles. The van der Waals surface area contributed by atoms with Gasteiger partial charge >= 0.3 is 0 Å². The molecule has 1 atom stereocenters. The van der Waals surface area contributed by atoms with E-state index in [2.05, 4.69) is 0 Å². The number of anilines is 1. The van der Waals surface area contributed by atoms with Crippen LogP contribution in [0, 0.1) is 6.92 Å². The molecule has 2 N–H and O–H groups in total. The van der Waals surface area contributed by atoms with E-state index in [1.165, 1.54) is 0 Å². The fourth-order valence-electron chi connectivity index (χ4n) is 1.45. The van der Waals surface area contributed by atoms with Gasteiger partial charge in [0.25, 0.3) is 0 Å². The van der Waals surface area contributed by atoms with Crippen LogP contribution >= 0.6 is 11.6 Å². The summed E-state index contributed by atoms with van der Waals surface area (Å²) in [5.41, 5.74) is 7.45. The number of benzene rings is 1. The lowest BCUT2D eigenvalue weighted by Gasteiger charge is -2.18. The summed E-state index contributed by atoms with van der Waals surface area (Å²) >= 11 is 6.03. The zero-order valence-corrected chi connectivity index (χ0v) is 11.3. The van der Waals surface area contributed by atoms with Gasteiger partial charge in [0, 0.05) is 30.2 Å². The van der Waals surface area contributed by atoms with Gasteiger partial charge in [-0.3, -0.25) is 4.79 Å². The van der Waals surface area contributed by atoms with Crippen LogP contribution in [0.2, 0.25) is 5.02 Å². The highest BCUT2D eigenvalue weighted by Gasteiger charge is 2.12. The number of amides is 1. The summed E-state index contributed by atoms with van der Waals surface area (Å²) < 4.78 is 0. The van der Waals surface area contributed by atoms with E-state index in [-0.39, 0.29) is 11.9 Å². The predicted molar refractivity (Wildman–Crippen MR) is 72.5 cm³/mol. The molecule has 0 aliphatic rings. The lowest BCUT2D eigenvalue weighted by atomic mass is 10.1. The van der Waals surface area contributed by atoms with Gasteiger partial charge in [0.05, 0.1) is 0 Å². The maximum absolute atomic E-state index is 11.9. The molecule has 0 radical (unpaired) electrons. The van der Waals surface area contributed by atoms with Crippen LogP contribution in [0.4, 0.5) is 5.69 Å². The molecular weight excluding hydrogens is 236 g/mol. The smallest absolute Gasteiger partial charge is 0.226 e. The third kappa shape index (κ3) is 4.02. The molecule has 0 fully saturated rings. The minimum atomic E-state index is 0.0500. The minimum absolute atomic E-state index is 0.0500. The van der Waals surface area contributed by atoms with Gasteiger partial charge in [-0.2, -0.15) is 0 Å². The molecule has 17 heavy (non-hydrogen) atoms. The van der Waals surface area contributed by atoms with Crippen molar-refractivity contribution in [2.75, 3.05) is 11.9 Å². The normalized spacial score (nSPS) is 12.3. The van der Waals surface area contributed by atoms with Crippen LogP contribution in [0.1, 0.15) is 25.3 Å². The molecule has 0 heterocycles. The molecule has 1 unspecified atom stereocenters. The average Bonchev–Trinajstić information content (AvgIpc) is 2.28. The number of nitrogens with zero attached hydrogens (tertiary/aromatic N) is 1. The molecule has 94 valence electrons. The van der Waals surface area contributed by atoms with E-state index in [4.69, 9.17) is 17.3 Å². The highest BCUT2D eigenvalue weighted by Crippen LogP contribution is 2.22. The quantitative estimate of drug-likeness (QED) is 0.898. The van der Waals surface area contributed by atoms with Gasteiger partial charge in [0.2, 0.25) is 5.91 Å². The Morgan fingerprint density at radius 2 is 2.18 bits per heavy atom. The van der Waals surface area contributed by atoms with E-state index in [0.717, 1.165) is 11.3 Å². The number of aryl methyl sites for hydroxylation is 1. The molecular formula is C13H19ClN2O. The number of halogens is 1. The summed E-state index contributed by atoms with van der Waals surface area (Å²) in [6.45, 7) is 3.83. The monoisotopic (exact) mass is 254 g/mol. The zero-order chi connectivity index (χ0) is 13.0. The number of carbonyl (C=O) groups is 1. The predicted octanol–water partition coefficient (Wildman–Crippen LogP) is 2.74. The molecule has 0 aliphatic carbocycles. The Labute approximate surface area is 108 Å². The molecule has 1 aromatic rings. The standard InChI is InChI=1S/C13H19ClN2O/c1-9-4-6-11(8-12(9)14)16(3)13(17)7-5-10(2)15/h4,6,8,10H,5,7,15H2,1-3H3. The van der Waals surface area contributed by atoms with E-state index < -0.39 is 0 Å². The summed E-state index contributed by atoms with van der Waals surface area (Å²) in [4.78, 5) is 13.5. The van der Waals surface area contributed by atoms with E-state index in [0.29, 0.717) is 17.9 Å². The van der Waals surface area contributed by atoms with Gasteiger partial charge in [0.1, 0.15) is 0 Å². The molecule has 4 heteroatoms.